The molecule has 9 rings (SSSR count). The van der Waals surface area contributed by atoms with Crippen LogP contribution in [0.3, 0.4) is 0 Å². The van der Waals surface area contributed by atoms with Gasteiger partial charge in [-0.15, -0.1) is 0 Å². The third-order valence-corrected chi connectivity index (χ3v) is 11.6. The average molecular weight is 637 g/mol. The molecule has 242 valence electrons. The summed E-state index contributed by atoms with van der Waals surface area (Å²) in [6.45, 7) is 4.61. The molecule has 49 heavy (non-hydrogen) atoms. The van der Waals surface area contributed by atoms with Gasteiger partial charge in [0.15, 0.2) is 0 Å². The second-order valence-electron chi connectivity index (χ2n) is 14.3. The summed E-state index contributed by atoms with van der Waals surface area (Å²) >= 11 is 0. The van der Waals surface area contributed by atoms with E-state index in [4.69, 9.17) is 4.42 Å². The van der Waals surface area contributed by atoms with Crippen LogP contribution in [0.2, 0.25) is 0 Å². The van der Waals surface area contributed by atoms with Crippen LogP contribution in [0.5, 0.6) is 0 Å². The van der Waals surface area contributed by atoms with Crippen molar-refractivity contribution in [1.29, 1.82) is 0 Å². The minimum absolute atomic E-state index is 0.330. The van der Waals surface area contributed by atoms with E-state index in [-0.39, 0.29) is 0 Å². The fraction of sp³-hybridized carbons (Fsp3) is 0.250. The Morgan fingerprint density at radius 1 is 0.592 bits per heavy atom. The quantitative estimate of drug-likeness (QED) is 0.152. The van der Waals surface area contributed by atoms with Crippen molar-refractivity contribution < 1.29 is 4.42 Å². The number of furan rings is 1. The van der Waals surface area contributed by atoms with Gasteiger partial charge < -0.3 is 4.42 Å². The molecule has 3 aliphatic rings. The van der Waals surface area contributed by atoms with E-state index in [9.17, 15) is 0 Å². The van der Waals surface area contributed by atoms with Crippen LogP contribution < -0.4 is 0 Å². The number of rotatable bonds is 8. The molecule has 0 N–H and O–H groups in total. The van der Waals surface area contributed by atoms with E-state index in [1.165, 1.54) is 97.8 Å². The number of fused-ring (bicyclic) bond motifs is 7. The van der Waals surface area contributed by atoms with E-state index in [1.807, 2.05) is 0 Å². The SMILES string of the molecule is CCCCc1c2ccccc2c(-c2cccc3oc4c(C5=C6C=CC=CC6C(CCCC)C6C=CC=CC56)cccc4c23)c2ccccc12. The average Bonchev–Trinajstić information content (AvgIpc) is 3.55. The molecule has 0 saturated heterocycles. The zero-order chi connectivity index (χ0) is 32.9. The fourth-order valence-electron chi connectivity index (χ4n) is 9.50. The monoisotopic (exact) mass is 636 g/mol. The highest BCUT2D eigenvalue weighted by atomic mass is 16.3. The minimum Gasteiger partial charge on any atom is -0.455 e. The Balaban J connectivity index is 1.31. The summed E-state index contributed by atoms with van der Waals surface area (Å²) in [6.07, 6.45) is 26.1. The van der Waals surface area contributed by atoms with Crippen molar-refractivity contribution in [3.05, 3.63) is 150 Å². The lowest BCUT2D eigenvalue weighted by Gasteiger charge is -2.44. The zero-order valence-electron chi connectivity index (χ0n) is 28.7. The third kappa shape index (κ3) is 4.81. The van der Waals surface area contributed by atoms with Gasteiger partial charge in [0.2, 0.25) is 0 Å². The summed E-state index contributed by atoms with van der Waals surface area (Å²) in [5, 5.41) is 7.80. The largest absolute Gasteiger partial charge is 0.455 e. The number of aryl methyl sites for hydroxylation is 1. The van der Waals surface area contributed by atoms with Crippen molar-refractivity contribution in [2.24, 2.45) is 23.7 Å². The molecular weight excluding hydrogens is 593 g/mol. The minimum atomic E-state index is 0.330. The van der Waals surface area contributed by atoms with Crippen LogP contribution in [-0.2, 0) is 6.42 Å². The van der Waals surface area contributed by atoms with Crippen LogP contribution >= 0.6 is 0 Å². The molecule has 0 aliphatic heterocycles. The lowest BCUT2D eigenvalue weighted by atomic mass is 9.59. The molecule has 0 amide bonds. The van der Waals surface area contributed by atoms with Gasteiger partial charge in [-0.1, -0.05) is 161 Å². The fourth-order valence-corrected chi connectivity index (χ4v) is 9.50. The van der Waals surface area contributed by atoms with E-state index < -0.39 is 0 Å². The number of allylic oxidation sites excluding steroid dienone is 10. The smallest absolute Gasteiger partial charge is 0.142 e. The highest BCUT2D eigenvalue weighted by molar-refractivity contribution is 6.22. The molecule has 0 saturated carbocycles. The summed E-state index contributed by atoms with van der Waals surface area (Å²) in [5.74, 6) is 1.84. The standard InChI is InChI=1S/C48H44O/c1-3-5-17-31-33-19-7-11-23-37(33)45(38-24-12-8-20-34(31)38)41-27-16-30-44-47(41)43-29-15-28-42(48(43)49-44)46-39-25-13-9-21-35(39)32(18-6-4-2)36-22-10-14-26-40(36)46/h7-16,19-30,32,35-36,39H,3-6,17-18H2,1-2H3. The van der Waals surface area contributed by atoms with E-state index >= 15 is 0 Å². The van der Waals surface area contributed by atoms with Gasteiger partial charge >= 0.3 is 0 Å². The highest BCUT2D eigenvalue weighted by Gasteiger charge is 2.42. The number of hydrogen-bond donors (Lipinski definition) is 0. The number of unbranched alkanes of at least 4 members (excludes halogenated alkanes) is 2. The molecule has 5 aromatic carbocycles. The van der Waals surface area contributed by atoms with Crippen LogP contribution in [0.1, 0.15) is 57.1 Å². The molecule has 1 heteroatoms. The first-order valence-corrected chi connectivity index (χ1v) is 18.6. The van der Waals surface area contributed by atoms with Crippen molar-refractivity contribution in [2.75, 3.05) is 0 Å². The van der Waals surface area contributed by atoms with Crippen molar-refractivity contribution in [3.8, 4) is 11.1 Å². The summed E-state index contributed by atoms with van der Waals surface area (Å²) in [6, 6.07) is 31.7. The summed E-state index contributed by atoms with van der Waals surface area (Å²) in [5.41, 5.74) is 10.1. The Morgan fingerprint density at radius 3 is 2.02 bits per heavy atom. The summed E-state index contributed by atoms with van der Waals surface area (Å²) in [7, 11) is 0. The van der Waals surface area contributed by atoms with Crippen molar-refractivity contribution in [3.63, 3.8) is 0 Å². The van der Waals surface area contributed by atoms with Gasteiger partial charge in [-0.2, -0.15) is 0 Å². The Bertz CT molecular complexity index is 2330. The normalized spacial score (nSPS) is 21.3. The maximum absolute atomic E-state index is 7.03. The molecule has 0 bridgehead atoms. The van der Waals surface area contributed by atoms with Gasteiger partial charge in [-0.05, 0) is 86.5 Å². The van der Waals surface area contributed by atoms with Gasteiger partial charge in [-0.3, -0.25) is 0 Å². The molecule has 0 fully saturated rings. The number of para-hydroxylation sites is 1. The van der Waals surface area contributed by atoms with E-state index in [1.54, 1.807) is 0 Å². The Hall–Kier alpha value is -4.88. The van der Waals surface area contributed by atoms with Gasteiger partial charge in [0.05, 0.1) is 0 Å². The lowest BCUT2D eigenvalue weighted by Crippen LogP contribution is -2.35. The van der Waals surface area contributed by atoms with Crippen molar-refractivity contribution in [2.45, 2.75) is 52.4 Å². The molecule has 0 spiro atoms. The Kier molecular flexibility index (Phi) is 7.73. The summed E-state index contributed by atoms with van der Waals surface area (Å²) in [4.78, 5) is 0. The first kappa shape index (κ1) is 30.2. The Morgan fingerprint density at radius 2 is 1.24 bits per heavy atom. The van der Waals surface area contributed by atoms with Crippen LogP contribution in [0.25, 0.3) is 60.2 Å². The first-order valence-electron chi connectivity index (χ1n) is 18.6. The zero-order valence-corrected chi connectivity index (χ0v) is 28.7. The highest BCUT2D eigenvalue weighted by Crippen LogP contribution is 2.54. The second kappa shape index (κ2) is 12.5. The predicted octanol–water partition coefficient (Wildman–Crippen LogP) is 13.6. The molecule has 1 aromatic heterocycles. The van der Waals surface area contributed by atoms with Crippen LogP contribution in [0, 0.1) is 23.7 Å². The number of benzene rings is 5. The molecule has 4 unspecified atom stereocenters. The second-order valence-corrected chi connectivity index (χ2v) is 14.3. The molecule has 1 nitrogen and oxygen atoms in total. The Labute approximate surface area is 290 Å². The maximum Gasteiger partial charge on any atom is 0.142 e. The van der Waals surface area contributed by atoms with E-state index in [2.05, 4.69) is 147 Å². The topological polar surface area (TPSA) is 13.1 Å². The van der Waals surface area contributed by atoms with Gasteiger partial charge in [0.25, 0.3) is 0 Å². The van der Waals surface area contributed by atoms with Gasteiger partial charge in [-0.25, -0.2) is 0 Å². The van der Waals surface area contributed by atoms with E-state index in [0.717, 1.165) is 17.6 Å². The molecule has 0 radical (unpaired) electrons. The molecular formula is C48H44O. The van der Waals surface area contributed by atoms with Crippen molar-refractivity contribution in [1.82, 2.24) is 0 Å². The molecule has 6 aromatic rings. The maximum atomic E-state index is 7.03. The molecule has 4 atom stereocenters. The van der Waals surface area contributed by atoms with Crippen LogP contribution in [0.4, 0.5) is 0 Å². The lowest BCUT2D eigenvalue weighted by molar-refractivity contribution is 0.264. The number of hydrogen-bond acceptors (Lipinski definition) is 1. The third-order valence-electron chi connectivity index (χ3n) is 11.6. The van der Waals surface area contributed by atoms with Crippen LogP contribution in [-0.4, -0.2) is 0 Å². The van der Waals surface area contributed by atoms with E-state index in [0.29, 0.717) is 23.7 Å². The molecule has 3 aliphatic carbocycles. The molecule has 1 heterocycles. The predicted molar refractivity (Wildman–Crippen MR) is 210 cm³/mol. The van der Waals surface area contributed by atoms with Crippen LogP contribution in [0.15, 0.2) is 144 Å². The summed E-state index contributed by atoms with van der Waals surface area (Å²) < 4.78 is 7.03. The first-order chi connectivity index (χ1) is 24.3. The van der Waals surface area contributed by atoms with Gasteiger partial charge in [0, 0.05) is 28.2 Å². The van der Waals surface area contributed by atoms with Crippen molar-refractivity contribution >= 4 is 49.1 Å². The van der Waals surface area contributed by atoms with Gasteiger partial charge in [0.1, 0.15) is 11.2 Å².